The van der Waals surface area contributed by atoms with E-state index < -0.39 is 0 Å². The minimum absolute atomic E-state index is 0.788. The van der Waals surface area contributed by atoms with Crippen LogP contribution in [0.5, 0.6) is 0 Å². The summed E-state index contributed by atoms with van der Waals surface area (Å²) in [5.74, 6) is 2.00. The molecule has 17 heavy (non-hydrogen) atoms. The van der Waals surface area contributed by atoms with E-state index in [-0.39, 0.29) is 0 Å². The average Bonchev–Trinajstić information content (AvgIpc) is 2.26. The zero-order valence-corrected chi connectivity index (χ0v) is 12.6. The first kappa shape index (κ1) is 16.6. The topological polar surface area (TPSA) is 0 Å². The van der Waals surface area contributed by atoms with Gasteiger partial charge in [0.15, 0.2) is 0 Å². The SMILES string of the molecule is C=CCCC/C(C)=C/CC(C)CCSC(=C)C. The Morgan fingerprint density at radius 2 is 2.06 bits per heavy atom. The Balaban J connectivity index is 3.65. The zero-order chi connectivity index (χ0) is 13.1. The van der Waals surface area contributed by atoms with Gasteiger partial charge in [-0.15, -0.1) is 18.3 Å². The molecular formula is C16H28S. The maximum Gasteiger partial charge on any atom is -0.00209 e. The van der Waals surface area contributed by atoms with Gasteiger partial charge in [-0.05, 0) is 62.5 Å². The van der Waals surface area contributed by atoms with Gasteiger partial charge in [-0.1, -0.05) is 31.2 Å². The standard InChI is InChI=1S/C16H28S/c1-6-7-8-9-15(4)10-11-16(5)12-13-17-14(2)3/h6,10,16H,1-2,7-9,11-13H2,3-5H3/b15-10+. The van der Waals surface area contributed by atoms with Gasteiger partial charge < -0.3 is 0 Å². The molecule has 0 spiro atoms. The molecule has 0 N–H and O–H groups in total. The van der Waals surface area contributed by atoms with Crippen LogP contribution in [0.3, 0.4) is 0 Å². The summed E-state index contributed by atoms with van der Waals surface area (Å²) in [6.07, 6.45) is 10.5. The van der Waals surface area contributed by atoms with Gasteiger partial charge in [-0.2, -0.15) is 0 Å². The highest BCUT2D eigenvalue weighted by Crippen LogP contribution is 2.19. The fourth-order valence-electron chi connectivity index (χ4n) is 1.58. The van der Waals surface area contributed by atoms with E-state index in [1.54, 1.807) is 0 Å². The summed E-state index contributed by atoms with van der Waals surface area (Å²) in [7, 11) is 0. The minimum Gasteiger partial charge on any atom is -0.132 e. The van der Waals surface area contributed by atoms with Gasteiger partial charge in [-0.3, -0.25) is 0 Å². The van der Waals surface area contributed by atoms with Crippen molar-refractivity contribution in [3.63, 3.8) is 0 Å². The summed E-state index contributed by atoms with van der Waals surface area (Å²) in [4.78, 5) is 1.23. The highest BCUT2D eigenvalue weighted by Gasteiger charge is 2.00. The Bertz CT molecular complexity index is 250. The maximum atomic E-state index is 3.91. The molecule has 0 aliphatic heterocycles. The second-order valence-electron chi connectivity index (χ2n) is 4.91. The third kappa shape index (κ3) is 11.8. The molecule has 1 atom stereocenters. The molecule has 0 aromatic carbocycles. The first-order valence-electron chi connectivity index (χ1n) is 6.61. The van der Waals surface area contributed by atoms with Gasteiger partial charge in [0.05, 0.1) is 0 Å². The number of hydrogen-bond acceptors (Lipinski definition) is 1. The number of allylic oxidation sites excluding steroid dienone is 4. The van der Waals surface area contributed by atoms with Gasteiger partial charge in [0.2, 0.25) is 0 Å². The molecule has 0 bridgehead atoms. The molecule has 0 aliphatic rings. The predicted octanol–water partition coefficient (Wildman–Crippen LogP) is 5.97. The molecule has 98 valence electrons. The smallest absolute Gasteiger partial charge is 0.00209 e. The van der Waals surface area contributed by atoms with Crippen LogP contribution in [0.15, 0.2) is 35.8 Å². The molecule has 1 heteroatoms. The van der Waals surface area contributed by atoms with Crippen molar-refractivity contribution in [1.29, 1.82) is 0 Å². The summed E-state index contributed by atoms with van der Waals surface area (Å²) in [6.45, 7) is 14.3. The molecule has 0 amide bonds. The van der Waals surface area contributed by atoms with E-state index >= 15 is 0 Å². The minimum atomic E-state index is 0.788. The average molecular weight is 252 g/mol. The molecule has 0 aromatic heterocycles. The first-order chi connectivity index (χ1) is 8.06. The molecule has 0 aromatic rings. The first-order valence-corrected chi connectivity index (χ1v) is 7.59. The second kappa shape index (κ2) is 10.7. The number of hydrogen-bond donors (Lipinski definition) is 0. The molecule has 0 nitrogen and oxygen atoms in total. The van der Waals surface area contributed by atoms with Crippen LogP contribution >= 0.6 is 11.8 Å². The van der Waals surface area contributed by atoms with Crippen molar-refractivity contribution in [1.82, 2.24) is 0 Å². The van der Waals surface area contributed by atoms with Crippen LogP contribution < -0.4 is 0 Å². The summed E-state index contributed by atoms with van der Waals surface area (Å²) in [5.41, 5.74) is 1.53. The Morgan fingerprint density at radius 3 is 2.65 bits per heavy atom. The van der Waals surface area contributed by atoms with Crippen molar-refractivity contribution < 1.29 is 0 Å². The van der Waals surface area contributed by atoms with Crippen molar-refractivity contribution in [3.05, 3.63) is 35.8 Å². The van der Waals surface area contributed by atoms with Crippen molar-refractivity contribution >= 4 is 11.8 Å². The third-order valence-corrected chi connectivity index (χ3v) is 3.74. The van der Waals surface area contributed by atoms with Crippen molar-refractivity contribution in [2.45, 2.75) is 52.9 Å². The molecule has 1 unspecified atom stereocenters. The molecule has 0 saturated carbocycles. The normalized spacial score (nSPS) is 13.5. The Hall–Kier alpha value is -0.430. The van der Waals surface area contributed by atoms with E-state index in [1.807, 2.05) is 17.8 Å². The van der Waals surface area contributed by atoms with E-state index in [2.05, 4.69) is 40.0 Å². The van der Waals surface area contributed by atoms with Crippen LogP contribution in [0.2, 0.25) is 0 Å². The lowest BCUT2D eigenvalue weighted by atomic mass is 10.0. The predicted molar refractivity (Wildman–Crippen MR) is 83.5 cm³/mol. The lowest BCUT2D eigenvalue weighted by Gasteiger charge is -2.09. The molecule has 0 radical (unpaired) electrons. The van der Waals surface area contributed by atoms with Gasteiger partial charge in [0.1, 0.15) is 0 Å². The molecule has 0 heterocycles. The fourth-order valence-corrected chi connectivity index (χ4v) is 2.45. The second-order valence-corrected chi connectivity index (χ2v) is 6.31. The third-order valence-electron chi connectivity index (χ3n) is 2.81. The lowest BCUT2D eigenvalue weighted by molar-refractivity contribution is 0.574. The van der Waals surface area contributed by atoms with Crippen LogP contribution in [0.1, 0.15) is 52.9 Å². The maximum absolute atomic E-state index is 3.91. The highest BCUT2D eigenvalue weighted by atomic mass is 32.2. The van der Waals surface area contributed by atoms with Gasteiger partial charge in [0, 0.05) is 0 Å². The number of unbranched alkanes of at least 4 members (excludes halogenated alkanes) is 1. The molecule has 0 aliphatic carbocycles. The largest absolute Gasteiger partial charge is 0.132 e. The van der Waals surface area contributed by atoms with Gasteiger partial charge >= 0.3 is 0 Å². The van der Waals surface area contributed by atoms with Crippen LogP contribution in [-0.2, 0) is 0 Å². The summed E-state index contributed by atoms with van der Waals surface area (Å²) in [6, 6.07) is 0. The van der Waals surface area contributed by atoms with Gasteiger partial charge in [0.25, 0.3) is 0 Å². The van der Waals surface area contributed by atoms with E-state index in [9.17, 15) is 0 Å². The zero-order valence-electron chi connectivity index (χ0n) is 11.8. The molecule has 0 rings (SSSR count). The van der Waals surface area contributed by atoms with Gasteiger partial charge in [-0.25, -0.2) is 0 Å². The Morgan fingerprint density at radius 1 is 1.35 bits per heavy atom. The number of rotatable bonds is 10. The highest BCUT2D eigenvalue weighted by molar-refractivity contribution is 8.03. The lowest BCUT2D eigenvalue weighted by Crippen LogP contribution is -1.95. The molecular weight excluding hydrogens is 224 g/mol. The van der Waals surface area contributed by atoms with Crippen molar-refractivity contribution in [3.8, 4) is 0 Å². The Labute approximate surface area is 112 Å². The summed E-state index contributed by atoms with van der Waals surface area (Å²) < 4.78 is 0. The van der Waals surface area contributed by atoms with E-state index in [0.717, 1.165) is 12.3 Å². The molecule has 0 saturated heterocycles. The fraction of sp³-hybridized carbons (Fsp3) is 0.625. The number of thioether (sulfide) groups is 1. The van der Waals surface area contributed by atoms with Crippen molar-refractivity contribution in [2.24, 2.45) is 5.92 Å². The van der Waals surface area contributed by atoms with E-state index in [1.165, 1.54) is 41.9 Å². The monoisotopic (exact) mass is 252 g/mol. The molecule has 0 fully saturated rings. The summed E-state index contributed by atoms with van der Waals surface area (Å²) >= 11 is 1.88. The van der Waals surface area contributed by atoms with Crippen LogP contribution in [-0.4, -0.2) is 5.75 Å². The van der Waals surface area contributed by atoms with Crippen LogP contribution in [0, 0.1) is 5.92 Å². The van der Waals surface area contributed by atoms with Crippen LogP contribution in [0.4, 0.5) is 0 Å². The Kier molecular flexibility index (Phi) is 10.4. The summed E-state index contributed by atoms with van der Waals surface area (Å²) in [5, 5.41) is 0. The van der Waals surface area contributed by atoms with Crippen molar-refractivity contribution in [2.75, 3.05) is 5.75 Å². The van der Waals surface area contributed by atoms with Crippen LogP contribution in [0.25, 0.3) is 0 Å². The van der Waals surface area contributed by atoms with E-state index in [0.29, 0.717) is 0 Å². The quantitative estimate of drug-likeness (QED) is 0.341. The van der Waals surface area contributed by atoms with E-state index in [4.69, 9.17) is 0 Å².